The molecular formula is C11H14N2. The Balaban J connectivity index is 2.06. The average molecular weight is 174 g/mol. The van der Waals surface area contributed by atoms with Gasteiger partial charge in [-0.15, -0.1) is 0 Å². The minimum Gasteiger partial charge on any atom is -0.321 e. The number of pyridine rings is 1. The molecule has 3 rings (SSSR count). The molecule has 0 radical (unpaired) electrons. The molecule has 0 spiro atoms. The van der Waals surface area contributed by atoms with Gasteiger partial charge in [-0.1, -0.05) is 0 Å². The van der Waals surface area contributed by atoms with Crippen LogP contribution in [0.5, 0.6) is 0 Å². The highest BCUT2D eigenvalue weighted by Gasteiger charge is 2.43. The molecule has 2 nitrogen and oxygen atoms in total. The van der Waals surface area contributed by atoms with Crippen LogP contribution in [0.4, 0.5) is 0 Å². The van der Waals surface area contributed by atoms with Crippen molar-refractivity contribution in [2.24, 2.45) is 5.73 Å². The first-order valence-corrected chi connectivity index (χ1v) is 5.03. The second kappa shape index (κ2) is 2.32. The molecule has 0 unspecified atom stereocenters. The quantitative estimate of drug-likeness (QED) is 0.743. The van der Waals surface area contributed by atoms with Crippen LogP contribution < -0.4 is 5.73 Å². The second-order valence-corrected chi connectivity index (χ2v) is 4.39. The van der Waals surface area contributed by atoms with E-state index in [1.807, 2.05) is 12.4 Å². The van der Waals surface area contributed by atoms with E-state index in [-0.39, 0.29) is 5.54 Å². The van der Waals surface area contributed by atoms with Gasteiger partial charge in [-0.05, 0) is 48.8 Å². The highest BCUT2D eigenvalue weighted by atomic mass is 14.8. The number of nitrogens with two attached hydrogens (primary N) is 1. The summed E-state index contributed by atoms with van der Waals surface area (Å²) in [6, 6.07) is 2.15. The molecule has 0 bridgehead atoms. The molecule has 0 atom stereocenters. The van der Waals surface area contributed by atoms with Gasteiger partial charge < -0.3 is 5.73 Å². The lowest BCUT2D eigenvalue weighted by Gasteiger charge is -2.13. The molecule has 13 heavy (non-hydrogen) atoms. The summed E-state index contributed by atoms with van der Waals surface area (Å²) >= 11 is 0. The van der Waals surface area contributed by atoms with E-state index in [0.717, 1.165) is 18.8 Å². The van der Waals surface area contributed by atoms with Crippen LogP contribution >= 0.6 is 0 Å². The number of rotatable bonds is 2. The van der Waals surface area contributed by atoms with Crippen molar-refractivity contribution in [3.05, 3.63) is 29.6 Å². The third kappa shape index (κ3) is 1.17. The van der Waals surface area contributed by atoms with Gasteiger partial charge in [0.2, 0.25) is 0 Å². The van der Waals surface area contributed by atoms with Crippen molar-refractivity contribution in [2.75, 3.05) is 0 Å². The van der Waals surface area contributed by atoms with Crippen LogP contribution in [0.15, 0.2) is 18.5 Å². The van der Waals surface area contributed by atoms with Crippen LogP contribution in [-0.4, -0.2) is 4.98 Å². The van der Waals surface area contributed by atoms with Crippen LogP contribution in [0.3, 0.4) is 0 Å². The van der Waals surface area contributed by atoms with Gasteiger partial charge in [-0.2, -0.15) is 0 Å². The lowest BCUT2D eigenvalue weighted by Crippen LogP contribution is -2.20. The molecule has 2 heteroatoms. The molecule has 2 fully saturated rings. The zero-order valence-corrected chi connectivity index (χ0v) is 7.66. The smallest absolute Gasteiger partial charge is 0.0429 e. The van der Waals surface area contributed by atoms with Gasteiger partial charge in [-0.25, -0.2) is 0 Å². The highest BCUT2D eigenvalue weighted by Crippen LogP contribution is 2.49. The Kier molecular flexibility index (Phi) is 1.34. The number of hydrogen-bond acceptors (Lipinski definition) is 2. The molecule has 2 aliphatic rings. The van der Waals surface area contributed by atoms with E-state index in [0.29, 0.717) is 0 Å². The van der Waals surface area contributed by atoms with Crippen molar-refractivity contribution in [3.8, 4) is 0 Å². The van der Waals surface area contributed by atoms with Gasteiger partial charge in [-0.3, -0.25) is 4.98 Å². The van der Waals surface area contributed by atoms with Crippen molar-refractivity contribution in [1.82, 2.24) is 4.98 Å². The molecule has 1 heterocycles. The second-order valence-electron chi connectivity index (χ2n) is 4.39. The van der Waals surface area contributed by atoms with Crippen LogP contribution in [0, 0.1) is 0 Å². The van der Waals surface area contributed by atoms with E-state index < -0.39 is 0 Å². The van der Waals surface area contributed by atoms with Gasteiger partial charge in [0.05, 0.1) is 0 Å². The standard InChI is InChI=1S/C11H14N2/c12-11(4-5-11)10-7-13-6-3-9(10)8-1-2-8/h3,6-8H,1-2,4-5,12H2. The van der Waals surface area contributed by atoms with E-state index in [2.05, 4.69) is 11.1 Å². The summed E-state index contributed by atoms with van der Waals surface area (Å²) in [5, 5.41) is 0. The van der Waals surface area contributed by atoms with Crippen molar-refractivity contribution in [1.29, 1.82) is 0 Å². The summed E-state index contributed by atoms with van der Waals surface area (Å²) in [7, 11) is 0. The molecule has 0 aromatic carbocycles. The Labute approximate surface area is 78.2 Å². The maximum absolute atomic E-state index is 6.19. The molecule has 1 aromatic rings. The third-order valence-corrected chi connectivity index (χ3v) is 3.20. The van der Waals surface area contributed by atoms with Crippen LogP contribution in [0.2, 0.25) is 0 Å². The predicted molar refractivity (Wildman–Crippen MR) is 51.3 cm³/mol. The Morgan fingerprint density at radius 2 is 2.15 bits per heavy atom. The summed E-state index contributed by atoms with van der Waals surface area (Å²) in [5.41, 5.74) is 8.97. The lowest BCUT2D eigenvalue weighted by atomic mass is 9.98. The first kappa shape index (κ1) is 7.51. The van der Waals surface area contributed by atoms with E-state index in [9.17, 15) is 0 Å². The van der Waals surface area contributed by atoms with Crippen molar-refractivity contribution < 1.29 is 0 Å². The van der Waals surface area contributed by atoms with E-state index in [4.69, 9.17) is 5.73 Å². The SMILES string of the molecule is NC1(c2cnccc2C2CC2)CC1. The molecule has 2 N–H and O–H groups in total. The van der Waals surface area contributed by atoms with Gasteiger partial charge in [0, 0.05) is 17.9 Å². The maximum Gasteiger partial charge on any atom is 0.0429 e. The van der Waals surface area contributed by atoms with E-state index in [1.54, 1.807) is 0 Å². The fraction of sp³-hybridized carbons (Fsp3) is 0.545. The summed E-state index contributed by atoms with van der Waals surface area (Å²) in [6.45, 7) is 0. The zero-order valence-electron chi connectivity index (χ0n) is 7.66. The summed E-state index contributed by atoms with van der Waals surface area (Å²) in [5.74, 6) is 0.791. The van der Waals surface area contributed by atoms with Gasteiger partial charge in [0.1, 0.15) is 0 Å². The minimum atomic E-state index is -0.00775. The van der Waals surface area contributed by atoms with Crippen molar-refractivity contribution in [2.45, 2.75) is 37.1 Å². The lowest BCUT2D eigenvalue weighted by molar-refractivity contribution is 0.720. The fourth-order valence-corrected chi connectivity index (χ4v) is 1.98. The monoisotopic (exact) mass is 174 g/mol. The average Bonchev–Trinajstić information content (AvgIpc) is 2.98. The zero-order chi connectivity index (χ0) is 8.89. The molecule has 68 valence electrons. The number of nitrogens with zero attached hydrogens (tertiary/aromatic N) is 1. The maximum atomic E-state index is 6.19. The van der Waals surface area contributed by atoms with E-state index >= 15 is 0 Å². The first-order valence-electron chi connectivity index (χ1n) is 5.03. The largest absolute Gasteiger partial charge is 0.321 e. The predicted octanol–water partition coefficient (Wildman–Crippen LogP) is 1.91. The number of aromatic nitrogens is 1. The topological polar surface area (TPSA) is 38.9 Å². The molecule has 0 saturated heterocycles. The molecule has 0 amide bonds. The summed E-state index contributed by atoms with van der Waals surface area (Å²) in [6.07, 6.45) is 8.82. The fourth-order valence-electron chi connectivity index (χ4n) is 1.98. The molecule has 2 aliphatic carbocycles. The van der Waals surface area contributed by atoms with Crippen LogP contribution in [0.25, 0.3) is 0 Å². The van der Waals surface area contributed by atoms with E-state index in [1.165, 1.54) is 24.0 Å². The Morgan fingerprint density at radius 3 is 2.77 bits per heavy atom. The molecular weight excluding hydrogens is 160 g/mol. The van der Waals surface area contributed by atoms with Gasteiger partial charge in [0.25, 0.3) is 0 Å². The number of hydrogen-bond donors (Lipinski definition) is 1. The Hall–Kier alpha value is -0.890. The minimum absolute atomic E-state index is 0.00775. The Bertz CT molecular complexity index is 338. The first-order chi connectivity index (χ1) is 6.30. The molecule has 1 aromatic heterocycles. The Morgan fingerprint density at radius 1 is 1.38 bits per heavy atom. The van der Waals surface area contributed by atoms with Gasteiger partial charge >= 0.3 is 0 Å². The third-order valence-electron chi connectivity index (χ3n) is 3.20. The van der Waals surface area contributed by atoms with Crippen molar-refractivity contribution >= 4 is 0 Å². The molecule has 0 aliphatic heterocycles. The van der Waals surface area contributed by atoms with Crippen molar-refractivity contribution in [3.63, 3.8) is 0 Å². The van der Waals surface area contributed by atoms with Crippen LogP contribution in [-0.2, 0) is 5.54 Å². The summed E-state index contributed by atoms with van der Waals surface area (Å²) < 4.78 is 0. The highest BCUT2D eigenvalue weighted by molar-refractivity contribution is 5.38. The van der Waals surface area contributed by atoms with Gasteiger partial charge in [0.15, 0.2) is 0 Å². The normalized spacial score (nSPS) is 24.4. The summed E-state index contributed by atoms with van der Waals surface area (Å²) in [4.78, 5) is 4.18. The van der Waals surface area contributed by atoms with Crippen LogP contribution in [0.1, 0.15) is 42.7 Å². The molecule has 2 saturated carbocycles.